The fourth-order valence-corrected chi connectivity index (χ4v) is 2.46. The van der Waals surface area contributed by atoms with Crippen molar-refractivity contribution in [2.75, 3.05) is 13.1 Å². The Morgan fingerprint density at radius 2 is 2.08 bits per heavy atom. The van der Waals surface area contributed by atoms with Crippen molar-refractivity contribution in [3.05, 3.63) is 0 Å². The highest BCUT2D eigenvalue weighted by molar-refractivity contribution is 4.90. The van der Waals surface area contributed by atoms with Crippen LogP contribution < -0.4 is 5.73 Å². The van der Waals surface area contributed by atoms with Crippen LogP contribution in [0.2, 0.25) is 0 Å². The van der Waals surface area contributed by atoms with E-state index >= 15 is 0 Å². The van der Waals surface area contributed by atoms with Gasteiger partial charge in [0.15, 0.2) is 0 Å². The highest BCUT2D eigenvalue weighted by atomic mass is 16.3. The minimum Gasteiger partial charge on any atom is -0.391 e. The first-order valence-electron chi connectivity index (χ1n) is 4.95. The zero-order valence-corrected chi connectivity index (χ0v) is 7.45. The Kier molecular flexibility index (Phi) is 2.35. The normalized spacial score (nSPS) is 44.0. The lowest BCUT2D eigenvalue weighted by atomic mass is 10.2. The Labute approximate surface area is 73.5 Å². The molecule has 0 spiro atoms. The highest BCUT2D eigenvalue weighted by Gasteiger charge is 2.33. The second kappa shape index (κ2) is 3.32. The lowest BCUT2D eigenvalue weighted by Gasteiger charge is -2.26. The Bertz CT molecular complexity index is 163. The van der Waals surface area contributed by atoms with Gasteiger partial charge in [0.1, 0.15) is 0 Å². The van der Waals surface area contributed by atoms with E-state index in [1.807, 2.05) is 0 Å². The first kappa shape index (κ1) is 8.48. The fourth-order valence-electron chi connectivity index (χ4n) is 2.46. The molecule has 12 heavy (non-hydrogen) atoms. The van der Waals surface area contributed by atoms with Crippen molar-refractivity contribution in [2.45, 2.75) is 43.9 Å². The van der Waals surface area contributed by atoms with E-state index in [0.717, 1.165) is 32.4 Å². The molecule has 3 heteroatoms. The number of nitrogens with two attached hydrogens (primary N) is 1. The Hall–Kier alpha value is -0.120. The summed E-state index contributed by atoms with van der Waals surface area (Å²) in [6.07, 6.45) is 4.33. The first-order valence-corrected chi connectivity index (χ1v) is 4.95. The van der Waals surface area contributed by atoms with E-state index in [4.69, 9.17) is 5.73 Å². The van der Waals surface area contributed by atoms with Crippen LogP contribution in [0.4, 0.5) is 0 Å². The zero-order chi connectivity index (χ0) is 8.55. The van der Waals surface area contributed by atoms with E-state index in [2.05, 4.69) is 4.90 Å². The predicted octanol–water partition coefficient (Wildman–Crippen LogP) is -0.0672. The number of aliphatic hydroxyl groups is 1. The predicted molar refractivity (Wildman–Crippen MR) is 47.8 cm³/mol. The topological polar surface area (TPSA) is 49.5 Å². The maximum absolute atomic E-state index is 9.65. The number of rotatable bonds is 1. The van der Waals surface area contributed by atoms with Gasteiger partial charge < -0.3 is 10.8 Å². The van der Waals surface area contributed by atoms with Crippen LogP contribution in [0.15, 0.2) is 0 Å². The molecule has 3 N–H and O–H groups in total. The molecule has 1 saturated heterocycles. The molecule has 1 aliphatic carbocycles. The summed E-state index contributed by atoms with van der Waals surface area (Å²) in [5, 5.41) is 9.65. The summed E-state index contributed by atoms with van der Waals surface area (Å²) in [5.74, 6) is 0. The van der Waals surface area contributed by atoms with Gasteiger partial charge in [0, 0.05) is 25.2 Å². The third-order valence-corrected chi connectivity index (χ3v) is 3.17. The number of hydrogen-bond donors (Lipinski definition) is 2. The van der Waals surface area contributed by atoms with Crippen LogP contribution in [0, 0.1) is 0 Å². The van der Waals surface area contributed by atoms with Crippen LogP contribution in [-0.4, -0.2) is 41.3 Å². The van der Waals surface area contributed by atoms with E-state index in [-0.39, 0.29) is 6.10 Å². The van der Waals surface area contributed by atoms with Gasteiger partial charge in [0.25, 0.3) is 0 Å². The largest absolute Gasteiger partial charge is 0.391 e. The molecule has 2 aliphatic rings. The number of hydrogen-bond acceptors (Lipinski definition) is 3. The van der Waals surface area contributed by atoms with Crippen molar-refractivity contribution in [3.63, 3.8) is 0 Å². The molecule has 0 aromatic rings. The summed E-state index contributed by atoms with van der Waals surface area (Å²) in [5.41, 5.74) is 5.81. The smallest absolute Gasteiger partial charge is 0.0695 e. The van der Waals surface area contributed by atoms with Crippen LogP contribution in [0.25, 0.3) is 0 Å². The molecule has 0 amide bonds. The molecule has 0 aromatic carbocycles. The molecule has 3 nitrogen and oxygen atoms in total. The van der Waals surface area contributed by atoms with Crippen molar-refractivity contribution < 1.29 is 5.11 Å². The average Bonchev–Trinajstić information content (AvgIpc) is 2.58. The van der Waals surface area contributed by atoms with E-state index in [1.54, 1.807) is 0 Å². The van der Waals surface area contributed by atoms with Crippen LogP contribution in [-0.2, 0) is 0 Å². The Morgan fingerprint density at radius 1 is 1.25 bits per heavy atom. The molecule has 1 saturated carbocycles. The summed E-state index contributed by atoms with van der Waals surface area (Å²) in [6.45, 7) is 2.07. The van der Waals surface area contributed by atoms with Gasteiger partial charge in [-0.1, -0.05) is 0 Å². The number of likely N-dealkylation sites (tertiary alicyclic amines) is 1. The second-order valence-corrected chi connectivity index (χ2v) is 4.11. The minimum atomic E-state index is -0.0877. The average molecular weight is 170 g/mol. The third-order valence-electron chi connectivity index (χ3n) is 3.17. The molecule has 0 aromatic heterocycles. The molecular weight excluding hydrogens is 152 g/mol. The van der Waals surface area contributed by atoms with Crippen LogP contribution in [0.3, 0.4) is 0 Å². The lowest BCUT2D eigenvalue weighted by molar-refractivity contribution is 0.0846. The minimum absolute atomic E-state index is 0.0877. The van der Waals surface area contributed by atoms with E-state index in [9.17, 15) is 5.11 Å². The maximum Gasteiger partial charge on any atom is 0.0695 e. The summed E-state index contributed by atoms with van der Waals surface area (Å²) in [7, 11) is 0. The van der Waals surface area contributed by atoms with Crippen molar-refractivity contribution in [3.8, 4) is 0 Å². The van der Waals surface area contributed by atoms with Gasteiger partial charge in [-0.25, -0.2) is 0 Å². The molecular formula is C9H18N2O. The zero-order valence-electron chi connectivity index (χ0n) is 7.45. The maximum atomic E-state index is 9.65. The van der Waals surface area contributed by atoms with Crippen LogP contribution >= 0.6 is 0 Å². The molecule has 2 unspecified atom stereocenters. The van der Waals surface area contributed by atoms with Gasteiger partial charge >= 0.3 is 0 Å². The van der Waals surface area contributed by atoms with Crippen LogP contribution in [0.1, 0.15) is 25.7 Å². The molecule has 1 aliphatic heterocycles. The molecule has 2 rings (SSSR count). The molecule has 0 radical (unpaired) electrons. The van der Waals surface area contributed by atoms with Crippen molar-refractivity contribution in [1.82, 2.24) is 4.90 Å². The SMILES string of the molecule is N[C@H]1CCN(C2CCCC2O)C1. The standard InChI is InChI=1S/C9H18N2O/c10-7-4-5-11(6-7)8-2-1-3-9(8)12/h7-9,12H,1-6,10H2/t7-,8?,9?/m0/s1. The quantitative estimate of drug-likeness (QED) is 0.579. The monoisotopic (exact) mass is 170 g/mol. The fraction of sp³-hybridized carbons (Fsp3) is 1.00. The summed E-state index contributed by atoms with van der Waals surface area (Å²) in [6, 6.07) is 0.761. The van der Waals surface area contributed by atoms with Crippen LogP contribution in [0.5, 0.6) is 0 Å². The first-order chi connectivity index (χ1) is 5.77. The summed E-state index contributed by atoms with van der Waals surface area (Å²) >= 11 is 0. The van der Waals surface area contributed by atoms with Gasteiger partial charge in [0.05, 0.1) is 6.10 Å². The molecule has 70 valence electrons. The lowest BCUT2D eigenvalue weighted by Crippen LogP contribution is -2.40. The van der Waals surface area contributed by atoms with Gasteiger partial charge in [-0.3, -0.25) is 4.90 Å². The number of aliphatic hydroxyl groups excluding tert-OH is 1. The van der Waals surface area contributed by atoms with Gasteiger partial charge in [-0.05, 0) is 25.7 Å². The highest BCUT2D eigenvalue weighted by Crippen LogP contribution is 2.26. The third kappa shape index (κ3) is 1.49. The summed E-state index contributed by atoms with van der Waals surface area (Å²) in [4.78, 5) is 2.36. The molecule has 3 atom stereocenters. The van der Waals surface area contributed by atoms with E-state index in [0.29, 0.717) is 12.1 Å². The molecule has 0 bridgehead atoms. The number of nitrogens with zero attached hydrogens (tertiary/aromatic N) is 1. The van der Waals surface area contributed by atoms with Gasteiger partial charge in [-0.2, -0.15) is 0 Å². The second-order valence-electron chi connectivity index (χ2n) is 4.11. The van der Waals surface area contributed by atoms with Gasteiger partial charge in [-0.15, -0.1) is 0 Å². The molecule has 1 heterocycles. The van der Waals surface area contributed by atoms with Crippen molar-refractivity contribution in [2.24, 2.45) is 5.73 Å². The van der Waals surface area contributed by atoms with E-state index in [1.165, 1.54) is 6.42 Å². The Balaban J connectivity index is 1.91. The van der Waals surface area contributed by atoms with Gasteiger partial charge in [0.2, 0.25) is 0 Å². The summed E-state index contributed by atoms with van der Waals surface area (Å²) < 4.78 is 0. The van der Waals surface area contributed by atoms with Crippen molar-refractivity contribution >= 4 is 0 Å². The van der Waals surface area contributed by atoms with E-state index < -0.39 is 0 Å². The van der Waals surface area contributed by atoms with Crippen molar-refractivity contribution in [1.29, 1.82) is 0 Å². The Morgan fingerprint density at radius 3 is 2.58 bits per heavy atom. The molecule has 2 fully saturated rings.